The molecule has 0 spiro atoms. The zero-order valence-corrected chi connectivity index (χ0v) is 25.2. The molecule has 4 aromatic rings. The van der Waals surface area contributed by atoms with E-state index in [2.05, 4.69) is 10.3 Å². The minimum absolute atomic E-state index is 0.221. The van der Waals surface area contributed by atoms with Gasteiger partial charge in [-0.1, -0.05) is 29.2 Å². The summed E-state index contributed by atoms with van der Waals surface area (Å²) in [6, 6.07) is 16.5. The van der Waals surface area contributed by atoms with E-state index in [0.717, 1.165) is 28.0 Å². The monoisotopic (exact) mass is 630 g/mol. The number of thiazole rings is 1. The second kappa shape index (κ2) is 12.1. The van der Waals surface area contributed by atoms with Gasteiger partial charge in [0.15, 0.2) is 0 Å². The van der Waals surface area contributed by atoms with Gasteiger partial charge in [-0.25, -0.2) is 9.69 Å². The van der Waals surface area contributed by atoms with E-state index in [9.17, 15) is 24.0 Å². The summed E-state index contributed by atoms with van der Waals surface area (Å²) in [6.45, 7) is 1.65. The van der Waals surface area contributed by atoms with Gasteiger partial charge in [-0.2, -0.15) is 0 Å². The number of pyridine rings is 1. The number of benzene rings is 2. The second-order valence-electron chi connectivity index (χ2n) is 10.0. The van der Waals surface area contributed by atoms with Crippen molar-refractivity contribution in [3.63, 3.8) is 0 Å². The molecule has 0 unspecified atom stereocenters. The van der Waals surface area contributed by atoms with E-state index in [1.165, 1.54) is 16.7 Å². The molecule has 1 N–H and O–H groups in total. The Bertz CT molecular complexity index is 1800. The van der Waals surface area contributed by atoms with Crippen LogP contribution in [0.25, 0.3) is 0 Å². The summed E-state index contributed by atoms with van der Waals surface area (Å²) in [5, 5.41) is 2.41. The summed E-state index contributed by atoms with van der Waals surface area (Å²) in [7, 11) is 1.55. The molecule has 2 aromatic carbocycles. The molecular formula is C31H26N4O7S2. The Labute approximate surface area is 259 Å². The lowest BCUT2D eigenvalue weighted by Crippen LogP contribution is -2.33. The third kappa shape index (κ3) is 5.28. The summed E-state index contributed by atoms with van der Waals surface area (Å²) in [6.07, 6.45) is 3.23. The molecule has 0 radical (unpaired) electrons. The first-order chi connectivity index (χ1) is 21.3. The first-order valence-corrected chi connectivity index (χ1v) is 15.4. The molecule has 1 fully saturated rings. The molecule has 1 saturated heterocycles. The van der Waals surface area contributed by atoms with Crippen LogP contribution in [0.4, 0.5) is 11.4 Å². The van der Waals surface area contributed by atoms with Gasteiger partial charge in [-0.05, 0) is 67.1 Å². The normalized spacial score (nSPS) is 18.9. The van der Waals surface area contributed by atoms with E-state index in [-0.39, 0.29) is 18.0 Å². The van der Waals surface area contributed by atoms with Crippen molar-refractivity contribution in [1.29, 1.82) is 0 Å². The van der Waals surface area contributed by atoms with Gasteiger partial charge >= 0.3 is 10.8 Å². The highest BCUT2D eigenvalue weighted by molar-refractivity contribution is 8.00. The number of anilines is 2. The van der Waals surface area contributed by atoms with Crippen LogP contribution >= 0.6 is 23.1 Å². The number of carbonyl (C=O) groups is 4. The highest BCUT2D eigenvalue weighted by Gasteiger charge is 2.56. The maximum atomic E-state index is 14.0. The van der Waals surface area contributed by atoms with Gasteiger partial charge in [0.2, 0.25) is 17.7 Å². The largest absolute Gasteiger partial charge is 0.497 e. The number of amides is 3. The first-order valence-electron chi connectivity index (χ1n) is 13.7. The lowest BCUT2D eigenvalue weighted by atomic mass is 9.84. The van der Waals surface area contributed by atoms with Gasteiger partial charge in [0, 0.05) is 28.9 Å². The van der Waals surface area contributed by atoms with Gasteiger partial charge in [-0.15, -0.1) is 0 Å². The number of ether oxygens (including phenoxy) is 2. The van der Waals surface area contributed by atoms with Gasteiger partial charge in [0.25, 0.3) is 0 Å². The third-order valence-corrected chi connectivity index (χ3v) is 10.0. The van der Waals surface area contributed by atoms with Crippen LogP contribution in [-0.2, 0) is 25.7 Å². The van der Waals surface area contributed by atoms with Crippen LogP contribution in [0.2, 0.25) is 0 Å². The molecule has 0 aliphatic carbocycles. The summed E-state index contributed by atoms with van der Waals surface area (Å²) in [5.74, 6) is -2.59. The average Bonchev–Trinajstić information content (AvgIpc) is 3.48. The van der Waals surface area contributed by atoms with E-state index in [4.69, 9.17) is 9.47 Å². The molecule has 2 aromatic heterocycles. The molecule has 44 heavy (non-hydrogen) atoms. The molecular weight excluding hydrogens is 604 g/mol. The van der Waals surface area contributed by atoms with E-state index in [1.54, 1.807) is 68.9 Å². The quantitative estimate of drug-likeness (QED) is 0.227. The molecule has 3 amide bonds. The number of thioether (sulfide) groups is 1. The number of nitrogens with zero attached hydrogens (tertiary/aromatic N) is 3. The van der Waals surface area contributed by atoms with Crippen molar-refractivity contribution in [1.82, 2.24) is 9.55 Å². The van der Waals surface area contributed by atoms with Gasteiger partial charge < -0.3 is 14.8 Å². The fourth-order valence-corrected chi connectivity index (χ4v) is 8.18. The van der Waals surface area contributed by atoms with Crippen LogP contribution in [0.1, 0.15) is 33.6 Å². The van der Waals surface area contributed by atoms with Crippen LogP contribution in [0.3, 0.4) is 0 Å². The number of aromatic nitrogens is 2. The molecule has 11 nitrogen and oxygen atoms in total. The lowest BCUT2D eigenvalue weighted by molar-refractivity contribution is -0.122. The van der Waals surface area contributed by atoms with Crippen LogP contribution in [0.15, 0.2) is 82.9 Å². The predicted octanol–water partition coefficient (Wildman–Crippen LogP) is 3.92. The van der Waals surface area contributed by atoms with Crippen LogP contribution in [-0.4, -0.2) is 52.2 Å². The van der Waals surface area contributed by atoms with Gasteiger partial charge in [0.05, 0.1) is 35.9 Å². The zero-order valence-electron chi connectivity index (χ0n) is 23.6. The summed E-state index contributed by atoms with van der Waals surface area (Å²) in [4.78, 5) is 72.0. The average molecular weight is 631 g/mol. The van der Waals surface area contributed by atoms with Gasteiger partial charge in [0.1, 0.15) is 17.5 Å². The van der Waals surface area contributed by atoms with Crippen LogP contribution < -0.4 is 19.8 Å². The summed E-state index contributed by atoms with van der Waals surface area (Å²) < 4.78 is 11.6. The summed E-state index contributed by atoms with van der Waals surface area (Å²) in [5.41, 5.74) is 1.84. The summed E-state index contributed by atoms with van der Waals surface area (Å²) >= 11 is 2.08. The highest BCUT2D eigenvalue weighted by Crippen LogP contribution is 2.53. The van der Waals surface area contributed by atoms with Gasteiger partial charge in [-0.3, -0.25) is 28.7 Å². The number of methoxy groups -OCH3 is 1. The number of fused-ring (bicyclic) bond motifs is 2. The van der Waals surface area contributed by atoms with Crippen LogP contribution in [0.5, 0.6) is 5.75 Å². The topological polar surface area (TPSA) is 137 Å². The smallest absolute Gasteiger partial charge is 0.338 e. The Hall–Kier alpha value is -4.75. The molecule has 224 valence electrons. The number of imide groups is 1. The van der Waals surface area contributed by atoms with Crippen molar-refractivity contribution in [3.8, 4) is 5.75 Å². The van der Waals surface area contributed by atoms with E-state index in [1.807, 2.05) is 6.07 Å². The zero-order chi connectivity index (χ0) is 31.0. The van der Waals surface area contributed by atoms with Crippen molar-refractivity contribution in [2.45, 2.75) is 29.7 Å². The maximum Gasteiger partial charge on any atom is 0.338 e. The number of carbonyl (C=O) groups excluding carboxylic acids is 4. The van der Waals surface area contributed by atoms with Crippen molar-refractivity contribution in [3.05, 3.63) is 98.7 Å². The Kier molecular flexibility index (Phi) is 8.06. The van der Waals surface area contributed by atoms with Crippen LogP contribution in [0, 0.1) is 5.92 Å². The number of nitrogens with one attached hydrogen (secondary N) is 1. The first kappa shape index (κ1) is 29.3. The molecule has 6 rings (SSSR count). The lowest BCUT2D eigenvalue weighted by Gasteiger charge is -2.30. The maximum absolute atomic E-state index is 14.0. The minimum atomic E-state index is -0.852. The van der Waals surface area contributed by atoms with Crippen molar-refractivity contribution in [2.75, 3.05) is 23.9 Å². The molecule has 0 saturated carbocycles. The van der Waals surface area contributed by atoms with E-state index >= 15 is 0 Å². The van der Waals surface area contributed by atoms with Crippen molar-refractivity contribution in [2.24, 2.45) is 5.92 Å². The number of hydrogen-bond donors (Lipinski definition) is 1. The number of esters is 1. The van der Waals surface area contributed by atoms with E-state index < -0.39 is 40.8 Å². The van der Waals surface area contributed by atoms with E-state index in [0.29, 0.717) is 38.2 Å². The Morgan fingerprint density at radius 1 is 1.00 bits per heavy atom. The molecule has 3 atom stereocenters. The minimum Gasteiger partial charge on any atom is -0.497 e. The Morgan fingerprint density at radius 3 is 2.41 bits per heavy atom. The number of hydrogen-bond acceptors (Lipinski definition) is 10. The molecule has 2 aliphatic rings. The SMILES string of the molecule is CCOC(=O)c1ccc(N2C(=O)[C@H]3[C@H](c4cccnc4)c4sc(=O)n(CC(=O)Nc5ccc(OC)cc5)c4S[C@H]3C2=O)cc1. The van der Waals surface area contributed by atoms with Crippen molar-refractivity contribution < 1.29 is 28.7 Å². The second-order valence-corrected chi connectivity index (χ2v) is 12.1. The van der Waals surface area contributed by atoms with Crippen molar-refractivity contribution >= 4 is 58.2 Å². The predicted molar refractivity (Wildman–Crippen MR) is 164 cm³/mol. The fraction of sp³-hybridized carbons (Fsp3) is 0.226. The highest BCUT2D eigenvalue weighted by atomic mass is 32.2. The molecule has 13 heteroatoms. The molecule has 2 aliphatic heterocycles. The standard InChI is InChI=1S/C31H26N4O7S2/c1-3-42-30(39)17-6-10-20(11-7-17)35-27(37)24-23(18-5-4-14-32-15-18)26-29(43-25(24)28(35)38)34(31(40)44-26)16-22(36)33-19-8-12-21(41-2)13-9-19/h4-15,23-25H,3,16H2,1-2H3,(H,33,36)/t23-,24-,25+/m0/s1. The third-order valence-electron chi connectivity index (χ3n) is 7.40. The number of rotatable bonds is 8. The molecule has 0 bridgehead atoms. The Balaban J connectivity index is 1.34. The molecule has 4 heterocycles. The fourth-order valence-electron chi connectivity index (χ4n) is 5.41. The Morgan fingerprint density at radius 2 is 1.75 bits per heavy atom.